The minimum absolute atomic E-state index is 0.0370. The number of fused-ring (bicyclic) bond motifs is 1. The van der Waals surface area contributed by atoms with Gasteiger partial charge >= 0.3 is 0 Å². The van der Waals surface area contributed by atoms with E-state index in [1.807, 2.05) is 18.2 Å². The Kier molecular flexibility index (Phi) is 3.84. The third kappa shape index (κ3) is 2.91. The first kappa shape index (κ1) is 13.3. The van der Waals surface area contributed by atoms with E-state index in [0.29, 0.717) is 25.4 Å². The van der Waals surface area contributed by atoms with E-state index in [9.17, 15) is 4.79 Å². The topological polar surface area (TPSA) is 48.0 Å². The Balaban J connectivity index is 1.66. The summed E-state index contributed by atoms with van der Waals surface area (Å²) in [7, 11) is 0. The van der Waals surface area contributed by atoms with Crippen LogP contribution in [0.1, 0.15) is 5.56 Å². The lowest BCUT2D eigenvalue weighted by Gasteiger charge is -2.29. The van der Waals surface area contributed by atoms with E-state index in [2.05, 4.69) is 12.6 Å². The number of hydrogen-bond donors (Lipinski definition) is 1. The summed E-state index contributed by atoms with van der Waals surface area (Å²) in [5.41, 5.74) is 0.699. The summed E-state index contributed by atoms with van der Waals surface area (Å²) in [6.07, 6.45) is 3.33. The van der Waals surface area contributed by atoms with Gasteiger partial charge in [-0.2, -0.15) is 0 Å². The number of rotatable bonds is 2. The van der Waals surface area contributed by atoms with Gasteiger partial charge in [0.25, 0.3) is 0 Å². The Hall–Kier alpha value is -1.66. The number of thiol groups is 1. The van der Waals surface area contributed by atoms with Crippen molar-refractivity contribution in [1.82, 2.24) is 4.90 Å². The first-order valence-electron chi connectivity index (χ1n) is 6.39. The molecule has 3 rings (SSSR count). The van der Waals surface area contributed by atoms with Gasteiger partial charge in [-0.05, 0) is 23.8 Å². The van der Waals surface area contributed by atoms with Gasteiger partial charge in [0.15, 0.2) is 11.5 Å². The molecule has 5 nitrogen and oxygen atoms in total. The zero-order chi connectivity index (χ0) is 13.9. The molecule has 0 N–H and O–H groups in total. The number of carbonyl (C=O) groups excluding carboxylic acids is 1. The van der Waals surface area contributed by atoms with Crippen LogP contribution in [0.25, 0.3) is 6.08 Å². The van der Waals surface area contributed by atoms with E-state index < -0.39 is 0 Å². The first-order chi connectivity index (χ1) is 9.72. The fourth-order valence-corrected chi connectivity index (χ4v) is 2.42. The Bertz CT molecular complexity index is 546. The maximum absolute atomic E-state index is 12.0. The molecule has 2 aliphatic rings. The molecule has 1 unspecified atom stereocenters. The molecule has 0 saturated carbocycles. The number of hydrogen-bond acceptors (Lipinski definition) is 5. The SMILES string of the molecule is O=C(/C=C/c1ccc2c(c1)OCO2)N1CCOC(S)C1. The van der Waals surface area contributed by atoms with Gasteiger partial charge in [0.2, 0.25) is 12.7 Å². The van der Waals surface area contributed by atoms with Crippen molar-refractivity contribution in [2.75, 3.05) is 26.5 Å². The maximum atomic E-state index is 12.0. The summed E-state index contributed by atoms with van der Waals surface area (Å²) in [5.74, 6) is 1.41. The molecule has 0 bridgehead atoms. The summed E-state index contributed by atoms with van der Waals surface area (Å²) < 4.78 is 15.8. The van der Waals surface area contributed by atoms with Crippen LogP contribution in [-0.2, 0) is 9.53 Å². The number of morpholine rings is 1. The molecule has 1 fully saturated rings. The van der Waals surface area contributed by atoms with Gasteiger partial charge in [0.05, 0.1) is 13.2 Å². The molecule has 1 aromatic carbocycles. The molecule has 2 aliphatic heterocycles. The fraction of sp³-hybridized carbons (Fsp3) is 0.357. The Morgan fingerprint density at radius 3 is 3.05 bits per heavy atom. The van der Waals surface area contributed by atoms with Crippen LogP contribution >= 0.6 is 12.6 Å². The van der Waals surface area contributed by atoms with Gasteiger partial charge in [-0.3, -0.25) is 4.79 Å². The standard InChI is InChI=1S/C14H15NO4S/c16-13(15-5-6-17-14(20)8-15)4-2-10-1-3-11-12(7-10)19-9-18-11/h1-4,7,14,20H,5-6,8-9H2/b4-2+. The highest BCUT2D eigenvalue weighted by Gasteiger charge is 2.20. The van der Waals surface area contributed by atoms with Crippen molar-refractivity contribution >= 4 is 24.6 Å². The summed E-state index contributed by atoms with van der Waals surface area (Å²) in [5, 5.41) is 0. The third-order valence-electron chi connectivity index (χ3n) is 3.17. The van der Waals surface area contributed by atoms with E-state index in [-0.39, 0.29) is 18.1 Å². The van der Waals surface area contributed by atoms with E-state index in [1.165, 1.54) is 0 Å². The van der Waals surface area contributed by atoms with Gasteiger partial charge < -0.3 is 19.1 Å². The first-order valence-corrected chi connectivity index (χ1v) is 6.90. The van der Waals surface area contributed by atoms with E-state index in [0.717, 1.165) is 11.3 Å². The van der Waals surface area contributed by atoms with Gasteiger partial charge in [-0.15, -0.1) is 12.6 Å². The van der Waals surface area contributed by atoms with Crippen LogP contribution in [0.4, 0.5) is 0 Å². The normalized spacial score (nSPS) is 21.4. The molecule has 1 atom stereocenters. The van der Waals surface area contributed by atoms with Crippen molar-refractivity contribution in [1.29, 1.82) is 0 Å². The number of ether oxygens (including phenoxy) is 3. The quantitative estimate of drug-likeness (QED) is 0.664. The molecule has 1 saturated heterocycles. The fourth-order valence-electron chi connectivity index (χ4n) is 2.12. The molecule has 6 heteroatoms. The van der Waals surface area contributed by atoms with Crippen molar-refractivity contribution in [2.45, 2.75) is 5.44 Å². The van der Waals surface area contributed by atoms with Crippen LogP contribution in [0, 0.1) is 0 Å². The van der Waals surface area contributed by atoms with Crippen LogP contribution in [0.2, 0.25) is 0 Å². The van der Waals surface area contributed by atoms with Crippen molar-refractivity contribution in [3.63, 3.8) is 0 Å². The molecule has 0 spiro atoms. The Morgan fingerprint density at radius 1 is 1.35 bits per heavy atom. The maximum Gasteiger partial charge on any atom is 0.246 e. The van der Waals surface area contributed by atoms with Crippen molar-refractivity contribution in [3.05, 3.63) is 29.8 Å². The van der Waals surface area contributed by atoms with Gasteiger partial charge in [-0.25, -0.2) is 0 Å². The van der Waals surface area contributed by atoms with E-state index >= 15 is 0 Å². The molecule has 1 aromatic rings. The van der Waals surface area contributed by atoms with Crippen LogP contribution in [0.15, 0.2) is 24.3 Å². The van der Waals surface area contributed by atoms with Crippen LogP contribution in [0.3, 0.4) is 0 Å². The zero-order valence-corrected chi connectivity index (χ0v) is 11.7. The minimum atomic E-state index is -0.202. The highest BCUT2D eigenvalue weighted by atomic mass is 32.1. The summed E-state index contributed by atoms with van der Waals surface area (Å²) in [6.45, 7) is 1.88. The van der Waals surface area contributed by atoms with Crippen molar-refractivity contribution in [2.24, 2.45) is 0 Å². The predicted molar refractivity (Wildman–Crippen MR) is 76.9 cm³/mol. The summed E-state index contributed by atoms with van der Waals surface area (Å²) in [4.78, 5) is 13.8. The Labute approximate surface area is 122 Å². The van der Waals surface area contributed by atoms with E-state index in [1.54, 1.807) is 17.1 Å². The van der Waals surface area contributed by atoms with Crippen LogP contribution in [-0.4, -0.2) is 42.7 Å². The van der Waals surface area contributed by atoms with Crippen LogP contribution < -0.4 is 9.47 Å². The van der Waals surface area contributed by atoms with Gasteiger partial charge in [-0.1, -0.05) is 6.07 Å². The largest absolute Gasteiger partial charge is 0.454 e. The third-order valence-corrected chi connectivity index (χ3v) is 3.49. The van der Waals surface area contributed by atoms with Gasteiger partial charge in [0, 0.05) is 12.6 Å². The number of nitrogens with zero attached hydrogens (tertiary/aromatic N) is 1. The van der Waals surface area contributed by atoms with Crippen molar-refractivity contribution in [3.8, 4) is 11.5 Å². The molecule has 106 valence electrons. The number of amides is 1. The average Bonchev–Trinajstić information content (AvgIpc) is 2.92. The highest BCUT2D eigenvalue weighted by Crippen LogP contribution is 2.32. The van der Waals surface area contributed by atoms with Gasteiger partial charge in [0.1, 0.15) is 5.44 Å². The summed E-state index contributed by atoms with van der Waals surface area (Å²) in [6, 6.07) is 5.58. The van der Waals surface area contributed by atoms with E-state index in [4.69, 9.17) is 14.2 Å². The zero-order valence-electron chi connectivity index (χ0n) is 10.8. The van der Waals surface area contributed by atoms with Crippen molar-refractivity contribution < 1.29 is 19.0 Å². The number of benzene rings is 1. The second-order valence-corrected chi connectivity index (χ2v) is 5.13. The number of carbonyl (C=O) groups is 1. The van der Waals surface area contributed by atoms with Crippen LogP contribution in [0.5, 0.6) is 11.5 Å². The Morgan fingerprint density at radius 2 is 2.20 bits per heavy atom. The lowest BCUT2D eigenvalue weighted by Crippen LogP contribution is -2.43. The molecule has 1 amide bonds. The molecule has 0 aliphatic carbocycles. The molecule has 2 heterocycles. The molecular formula is C14H15NO4S. The average molecular weight is 293 g/mol. The lowest BCUT2D eigenvalue weighted by atomic mass is 10.2. The molecule has 20 heavy (non-hydrogen) atoms. The molecular weight excluding hydrogens is 278 g/mol. The predicted octanol–water partition coefficient (Wildman–Crippen LogP) is 1.54. The second-order valence-electron chi connectivity index (χ2n) is 4.56. The molecule has 0 aromatic heterocycles. The lowest BCUT2D eigenvalue weighted by molar-refractivity contribution is -0.130. The monoisotopic (exact) mass is 293 g/mol. The minimum Gasteiger partial charge on any atom is -0.454 e. The summed E-state index contributed by atoms with van der Waals surface area (Å²) >= 11 is 4.23. The second kappa shape index (κ2) is 5.76. The molecule has 0 radical (unpaired) electrons. The smallest absolute Gasteiger partial charge is 0.246 e. The highest BCUT2D eigenvalue weighted by molar-refractivity contribution is 7.80.